The third-order valence-corrected chi connectivity index (χ3v) is 7.15. The Morgan fingerprint density at radius 1 is 1.11 bits per heavy atom. The molecule has 178 valence electrons. The molecule has 1 aliphatic rings. The second kappa shape index (κ2) is 8.66. The number of nitrogens with zero attached hydrogens (tertiary/aromatic N) is 4. The molecule has 0 saturated heterocycles. The predicted molar refractivity (Wildman–Crippen MR) is 135 cm³/mol. The molecule has 5 rings (SSSR count). The first-order chi connectivity index (χ1) is 16.7. The van der Waals surface area contributed by atoms with E-state index >= 15 is 0 Å². The van der Waals surface area contributed by atoms with Crippen LogP contribution in [0.15, 0.2) is 67.9 Å². The van der Waals surface area contributed by atoms with Crippen LogP contribution in [0.5, 0.6) is 0 Å². The van der Waals surface area contributed by atoms with Crippen LogP contribution in [0.2, 0.25) is 0 Å². The molecule has 1 aliphatic heterocycles. The Balaban J connectivity index is 1.69. The average molecular weight is 488 g/mol. The average Bonchev–Trinajstić information content (AvgIpc) is 3.45. The summed E-state index contributed by atoms with van der Waals surface area (Å²) in [5.74, 6) is 0.877. The molecular formula is C26H25N5O3S. The summed E-state index contributed by atoms with van der Waals surface area (Å²) in [6.07, 6.45) is 1.86. The summed E-state index contributed by atoms with van der Waals surface area (Å²) in [5, 5.41) is 7.39. The number of aryl methyl sites for hydroxylation is 3. The number of carbonyl (C=O) groups excluding carboxylic acids is 1. The van der Waals surface area contributed by atoms with E-state index < -0.39 is 6.04 Å². The number of rotatable bonds is 4. The van der Waals surface area contributed by atoms with E-state index in [4.69, 9.17) is 4.42 Å². The maximum atomic E-state index is 13.7. The minimum absolute atomic E-state index is 0.229. The van der Waals surface area contributed by atoms with Gasteiger partial charge in [-0.1, -0.05) is 29.5 Å². The van der Waals surface area contributed by atoms with Crippen LogP contribution in [0.4, 0.5) is 5.69 Å². The zero-order chi connectivity index (χ0) is 24.9. The number of furan rings is 1. The van der Waals surface area contributed by atoms with Crippen molar-refractivity contribution in [3.05, 3.63) is 102 Å². The fourth-order valence-electron chi connectivity index (χ4n) is 4.33. The van der Waals surface area contributed by atoms with Gasteiger partial charge < -0.3 is 9.73 Å². The largest absolute Gasteiger partial charge is 0.464 e. The van der Waals surface area contributed by atoms with Crippen LogP contribution in [-0.2, 0) is 11.8 Å². The van der Waals surface area contributed by atoms with Gasteiger partial charge in [0.1, 0.15) is 17.6 Å². The molecular weight excluding hydrogens is 462 g/mol. The van der Waals surface area contributed by atoms with Gasteiger partial charge in [0.15, 0.2) is 4.80 Å². The van der Waals surface area contributed by atoms with Gasteiger partial charge in [-0.3, -0.25) is 18.8 Å². The highest BCUT2D eigenvalue weighted by Gasteiger charge is 2.34. The Labute approximate surface area is 205 Å². The number of aromatic nitrogens is 3. The summed E-state index contributed by atoms with van der Waals surface area (Å²) < 4.78 is 9.82. The van der Waals surface area contributed by atoms with Gasteiger partial charge >= 0.3 is 0 Å². The first-order valence-corrected chi connectivity index (χ1v) is 12.0. The molecule has 0 aliphatic carbocycles. The highest BCUT2D eigenvalue weighted by molar-refractivity contribution is 7.07. The zero-order valence-corrected chi connectivity index (χ0v) is 20.9. The maximum absolute atomic E-state index is 13.7. The van der Waals surface area contributed by atoms with Crippen molar-refractivity contribution in [2.24, 2.45) is 12.0 Å². The Hall–Kier alpha value is -3.98. The van der Waals surface area contributed by atoms with E-state index in [0.717, 1.165) is 17.0 Å². The summed E-state index contributed by atoms with van der Waals surface area (Å²) in [5.41, 5.74) is 4.05. The smallest absolute Gasteiger partial charge is 0.271 e. The lowest BCUT2D eigenvalue weighted by atomic mass is 10.00. The molecule has 9 heteroatoms. The van der Waals surface area contributed by atoms with Crippen molar-refractivity contribution < 1.29 is 9.21 Å². The third-order valence-electron chi connectivity index (χ3n) is 6.17. The highest BCUT2D eigenvalue weighted by Crippen LogP contribution is 2.31. The van der Waals surface area contributed by atoms with Crippen LogP contribution in [0, 0.1) is 20.8 Å². The van der Waals surface area contributed by atoms with E-state index in [-0.39, 0.29) is 11.5 Å². The Kier molecular flexibility index (Phi) is 5.64. The van der Waals surface area contributed by atoms with Crippen molar-refractivity contribution >= 4 is 29.0 Å². The number of amides is 1. The lowest BCUT2D eigenvalue weighted by molar-refractivity contribution is -0.113. The number of anilines is 1. The fraction of sp³-hybridized carbons (Fsp3) is 0.231. The SMILES string of the molecule is CC1=C(C(=O)Nc2ccccc2)C(c2ccc(C)o2)n2c(s/c(=C/c3c(C)nn(C)c3C)c2=O)=N1. The quantitative estimate of drug-likeness (QED) is 0.479. The van der Waals surface area contributed by atoms with E-state index in [2.05, 4.69) is 15.4 Å². The highest BCUT2D eigenvalue weighted by atomic mass is 32.1. The summed E-state index contributed by atoms with van der Waals surface area (Å²) in [4.78, 5) is 32.4. The van der Waals surface area contributed by atoms with Gasteiger partial charge in [0.2, 0.25) is 0 Å². The summed E-state index contributed by atoms with van der Waals surface area (Å²) in [6.45, 7) is 7.50. The van der Waals surface area contributed by atoms with Crippen LogP contribution in [0.1, 0.15) is 41.4 Å². The first-order valence-electron chi connectivity index (χ1n) is 11.2. The minimum atomic E-state index is -0.734. The topological polar surface area (TPSA) is 94.4 Å². The maximum Gasteiger partial charge on any atom is 0.271 e. The lowest BCUT2D eigenvalue weighted by Gasteiger charge is -2.23. The number of allylic oxidation sites excluding steroid dienone is 1. The fourth-order valence-corrected chi connectivity index (χ4v) is 5.36. The second-order valence-corrected chi connectivity index (χ2v) is 9.57. The van der Waals surface area contributed by atoms with Gasteiger partial charge in [-0.05, 0) is 58.0 Å². The monoisotopic (exact) mass is 487 g/mol. The summed E-state index contributed by atoms with van der Waals surface area (Å²) in [6, 6.07) is 12.1. The standard InChI is InChI=1S/C26H25N5O3S/c1-14-11-12-20(34-14)23-22(24(32)28-18-9-7-6-8-10-18)16(3)27-26-31(23)25(33)21(35-26)13-19-15(2)29-30(5)17(19)4/h6-13,23H,1-5H3,(H,28,32)/b21-13+. The number of para-hydroxylation sites is 1. The number of carbonyl (C=O) groups is 1. The van der Waals surface area contributed by atoms with Crippen LogP contribution >= 0.6 is 11.3 Å². The van der Waals surface area contributed by atoms with Crippen molar-refractivity contribution in [1.29, 1.82) is 0 Å². The van der Waals surface area contributed by atoms with Crippen LogP contribution in [0.25, 0.3) is 6.08 Å². The van der Waals surface area contributed by atoms with Crippen molar-refractivity contribution in [3.63, 3.8) is 0 Å². The van der Waals surface area contributed by atoms with Gasteiger partial charge in [0.25, 0.3) is 11.5 Å². The molecule has 1 N–H and O–H groups in total. The van der Waals surface area contributed by atoms with E-state index in [1.165, 1.54) is 11.3 Å². The van der Waals surface area contributed by atoms with E-state index in [9.17, 15) is 9.59 Å². The van der Waals surface area contributed by atoms with Gasteiger partial charge in [-0.25, -0.2) is 4.99 Å². The lowest BCUT2D eigenvalue weighted by Crippen LogP contribution is -2.40. The molecule has 1 aromatic carbocycles. The molecule has 1 unspecified atom stereocenters. The molecule has 0 fully saturated rings. The van der Waals surface area contributed by atoms with E-state index in [1.807, 2.05) is 70.3 Å². The predicted octanol–water partition coefficient (Wildman–Crippen LogP) is 3.13. The molecule has 0 bridgehead atoms. The van der Waals surface area contributed by atoms with Crippen LogP contribution in [0.3, 0.4) is 0 Å². The summed E-state index contributed by atoms with van der Waals surface area (Å²) >= 11 is 1.29. The molecule has 35 heavy (non-hydrogen) atoms. The van der Waals surface area contributed by atoms with Gasteiger partial charge in [0, 0.05) is 24.0 Å². The van der Waals surface area contributed by atoms with Gasteiger partial charge in [-0.15, -0.1) is 0 Å². The Morgan fingerprint density at radius 2 is 1.86 bits per heavy atom. The molecule has 1 atom stereocenters. The summed E-state index contributed by atoms with van der Waals surface area (Å²) in [7, 11) is 1.88. The normalized spacial score (nSPS) is 15.8. The van der Waals surface area contributed by atoms with Gasteiger partial charge in [0.05, 0.1) is 21.5 Å². The number of fused-ring (bicyclic) bond motifs is 1. The van der Waals surface area contributed by atoms with Crippen LogP contribution < -0.4 is 20.2 Å². The minimum Gasteiger partial charge on any atom is -0.464 e. The van der Waals surface area contributed by atoms with Gasteiger partial charge in [-0.2, -0.15) is 5.10 Å². The van der Waals surface area contributed by atoms with Crippen LogP contribution in [-0.4, -0.2) is 20.3 Å². The second-order valence-electron chi connectivity index (χ2n) is 8.56. The number of thiazole rings is 1. The molecule has 4 heterocycles. The molecule has 1 amide bonds. The Bertz CT molecular complexity index is 1670. The van der Waals surface area contributed by atoms with E-state index in [0.29, 0.717) is 37.8 Å². The number of hydrogen-bond acceptors (Lipinski definition) is 6. The first kappa shape index (κ1) is 22.8. The molecule has 8 nitrogen and oxygen atoms in total. The van der Waals surface area contributed by atoms with E-state index in [1.54, 1.807) is 22.2 Å². The molecule has 3 aromatic heterocycles. The zero-order valence-electron chi connectivity index (χ0n) is 20.1. The molecule has 0 saturated carbocycles. The molecule has 0 spiro atoms. The van der Waals surface area contributed by atoms with Crippen molar-refractivity contribution in [1.82, 2.24) is 14.3 Å². The van der Waals surface area contributed by atoms with Crippen molar-refractivity contribution in [2.75, 3.05) is 5.32 Å². The Morgan fingerprint density at radius 3 is 2.49 bits per heavy atom. The molecule has 0 radical (unpaired) electrons. The third kappa shape index (κ3) is 3.97. The van der Waals surface area contributed by atoms with Crippen molar-refractivity contribution in [3.8, 4) is 0 Å². The van der Waals surface area contributed by atoms with Crippen molar-refractivity contribution in [2.45, 2.75) is 33.7 Å². The molecule has 4 aromatic rings. The number of benzene rings is 1. The number of nitrogens with one attached hydrogen (secondary N) is 1. The number of hydrogen-bond donors (Lipinski definition) is 1.